The number of carbonyl (C=O) groups is 1. The van der Waals surface area contributed by atoms with E-state index in [0.29, 0.717) is 22.7 Å². The number of hydrogen-bond acceptors (Lipinski definition) is 4. The SMILES string of the molecule is CC(C)c1nc(-c2ccc(NC(=O)Nc3ccc(Cl)c(C(F)(F)F)c3)cc2)c2c(N)nccn12. The molecule has 0 saturated heterocycles. The zero-order valence-electron chi connectivity index (χ0n) is 18.1. The van der Waals surface area contributed by atoms with Gasteiger partial charge in [-0.3, -0.25) is 4.40 Å². The summed E-state index contributed by atoms with van der Waals surface area (Å²) in [5.41, 5.74) is 7.58. The van der Waals surface area contributed by atoms with Crippen LogP contribution in [0.2, 0.25) is 5.02 Å². The number of nitrogens with zero attached hydrogens (tertiary/aromatic N) is 3. The number of nitrogens with two attached hydrogens (primary N) is 1. The van der Waals surface area contributed by atoms with E-state index in [0.717, 1.165) is 23.5 Å². The van der Waals surface area contributed by atoms with E-state index in [1.54, 1.807) is 36.7 Å². The van der Waals surface area contributed by atoms with E-state index in [4.69, 9.17) is 22.3 Å². The minimum Gasteiger partial charge on any atom is -0.382 e. The first kappa shape index (κ1) is 23.4. The fourth-order valence-corrected chi connectivity index (χ4v) is 3.75. The number of aromatic nitrogens is 3. The summed E-state index contributed by atoms with van der Waals surface area (Å²) in [6, 6.07) is 9.28. The third-order valence-corrected chi connectivity index (χ3v) is 5.40. The third kappa shape index (κ3) is 4.62. The highest BCUT2D eigenvalue weighted by atomic mass is 35.5. The second-order valence-corrected chi connectivity index (χ2v) is 8.26. The van der Waals surface area contributed by atoms with Crippen molar-refractivity contribution in [2.75, 3.05) is 16.4 Å². The molecule has 0 unspecified atom stereocenters. The molecule has 0 atom stereocenters. The Morgan fingerprint density at radius 2 is 1.74 bits per heavy atom. The van der Waals surface area contributed by atoms with E-state index in [1.165, 1.54) is 6.07 Å². The van der Waals surface area contributed by atoms with E-state index in [1.807, 2.05) is 18.2 Å². The average Bonchev–Trinajstić information content (AvgIpc) is 3.16. The van der Waals surface area contributed by atoms with Gasteiger partial charge in [-0.25, -0.2) is 14.8 Å². The zero-order chi connectivity index (χ0) is 24.6. The molecule has 0 aliphatic carbocycles. The molecule has 4 aromatic rings. The zero-order valence-corrected chi connectivity index (χ0v) is 18.9. The molecule has 2 amide bonds. The topological polar surface area (TPSA) is 97.3 Å². The lowest BCUT2D eigenvalue weighted by Gasteiger charge is -2.12. The quantitative estimate of drug-likeness (QED) is 0.309. The number of imidazole rings is 1. The van der Waals surface area contributed by atoms with E-state index in [2.05, 4.69) is 15.6 Å². The summed E-state index contributed by atoms with van der Waals surface area (Å²) in [6.07, 6.45) is -1.21. The van der Waals surface area contributed by atoms with Crippen molar-refractivity contribution in [3.63, 3.8) is 0 Å². The van der Waals surface area contributed by atoms with Crippen molar-refractivity contribution in [3.05, 3.63) is 71.3 Å². The molecule has 0 aliphatic rings. The molecule has 11 heteroatoms. The lowest BCUT2D eigenvalue weighted by molar-refractivity contribution is -0.137. The molecule has 0 radical (unpaired) electrons. The van der Waals surface area contributed by atoms with Crippen molar-refractivity contribution >= 4 is 40.3 Å². The molecule has 0 aliphatic heterocycles. The Morgan fingerprint density at radius 3 is 2.38 bits per heavy atom. The highest BCUT2D eigenvalue weighted by molar-refractivity contribution is 6.31. The molecular formula is C23H20ClF3N6O. The Balaban J connectivity index is 1.54. The average molecular weight is 489 g/mol. The first-order valence-corrected chi connectivity index (χ1v) is 10.6. The smallest absolute Gasteiger partial charge is 0.382 e. The van der Waals surface area contributed by atoms with Gasteiger partial charge < -0.3 is 16.4 Å². The number of carbonyl (C=O) groups excluding carboxylic acids is 1. The number of anilines is 3. The second kappa shape index (κ2) is 8.86. The molecule has 0 bridgehead atoms. The summed E-state index contributed by atoms with van der Waals surface area (Å²) in [4.78, 5) is 21.2. The van der Waals surface area contributed by atoms with Crippen molar-refractivity contribution in [1.29, 1.82) is 0 Å². The molecule has 176 valence electrons. The number of halogens is 4. The fraction of sp³-hybridized carbons (Fsp3) is 0.174. The first-order chi connectivity index (χ1) is 16.0. The molecule has 2 aromatic heterocycles. The van der Waals surface area contributed by atoms with Crippen LogP contribution in [0.5, 0.6) is 0 Å². The van der Waals surface area contributed by atoms with Gasteiger partial charge in [-0.1, -0.05) is 37.6 Å². The Morgan fingerprint density at radius 1 is 1.09 bits per heavy atom. The molecule has 0 fully saturated rings. The number of nitrogens with one attached hydrogen (secondary N) is 2. The first-order valence-electron chi connectivity index (χ1n) is 10.2. The van der Waals surface area contributed by atoms with Crippen LogP contribution in [0, 0.1) is 0 Å². The maximum atomic E-state index is 13.0. The van der Waals surface area contributed by atoms with Crippen molar-refractivity contribution in [1.82, 2.24) is 14.4 Å². The van der Waals surface area contributed by atoms with Crippen LogP contribution in [0.1, 0.15) is 31.2 Å². The number of benzene rings is 2. The summed E-state index contributed by atoms with van der Waals surface area (Å²) in [7, 11) is 0. The van der Waals surface area contributed by atoms with Crippen molar-refractivity contribution < 1.29 is 18.0 Å². The van der Waals surface area contributed by atoms with Gasteiger partial charge in [0.05, 0.1) is 10.6 Å². The van der Waals surface area contributed by atoms with Gasteiger partial charge in [0, 0.05) is 35.2 Å². The Kier molecular flexibility index (Phi) is 6.09. The molecule has 0 spiro atoms. The molecule has 34 heavy (non-hydrogen) atoms. The third-order valence-electron chi connectivity index (χ3n) is 5.07. The number of amides is 2. The maximum Gasteiger partial charge on any atom is 0.417 e. The normalized spacial score (nSPS) is 11.7. The summed E-state index contributed by atoms with van der Waals surface area (Å²) < 4.78 is 41.0. The molecule has 4 N–H and O–H groups in total. The Bertz CT molecular complexity index is 1370. The van der Waals surface area contributed by atoms with Crippen LogP contribution in [0.15, 0.2) is 54.9 Å². The Labute approximate surface area is 197 Å². The number of rotatable bonds is 4. The van der Waals surface area contributed by atoms with Gasteiger partial charge in [-0.05, 0) is 30.3 Å². The van der Waals surface area contributed by atoms with Crippen molar-refractivity contribution in [2.24, 2.45) is 0 Å². The highest BCUT2D eigenvalue weighted by Crippen LogP contribution is 2.36. The van der Waals surface area contributed by atoms with Gasteiger partial charge in [-0.15, -0.1) is 0 Å². The largest absolute Gasteiger partial charge is 0.417 e. The maximum absolute atomic E-state index is 13.0. The summed E-state index contributed by atoms with van der Waals surface area (Å²) in [5, 5.41) is 4.51. The van der Waals surface area contributed by atoms with Gasteiger partial charge in [0.2, 0.25) is 0 Å². The summed E-state index contributed by atoms with van der Waals surface area (Å²) >= 11 is 5.61. The second-order valence-electron chi connectivity index (χ2n) is 7.85. The van der Waals surface area contributed by atoms with Gasteiger partial charge in [0.25, 0.3) is 0 Å². The molecule has 2 heterocycles. The minimum absolute atomic E-state index is 0.0421. The minimum atomic E-state index is -4.63. The number of hydrogen-bond donors (Lipinski definition) is 3. The van der Waals surface area contributed by atoms with Gasteiger partial charge in [-0.2, -0.15) is 13.2 Å². The predicted molar refractivity (Wildman–Crippen MR) is 126 cm³/mol. The van der Waals surface area contributed by atoms with Crippen LogP contribution in [0.4, 0.5) is 35.2 Å². The van der Waals surface area contributed by atoms with Crippen LogP contribution < -0.4 is 16.4 Å². The van der Waals surface area contributed by atoms with Crippen molar-refractivity contribution in [3.8, 4) is 11.3 Å². The lowest BCUT2D eigenvalue weighted by atomic mass is 10.1. The van der Waals surface area contributed by atoms with Gasteiger partial charge >= 0.3 is 12.2 Å². The van der Waals surface area contributed by atoms with E-state index >= 15 is 0 Å². The fourth-order valence-electron chi connectivity index (χ4n) is 3.52. The van der Waals surface area contributed by atoms with E-state index < -0.39 is 22.8 Å². The van der Waals surface area contributed by atoms with Crippen LogP contribution in [-0.4, -0.2) is 20.4 Å². The van der Waals surface area contributed by atoms with Crippen LogP contribution in [0.3, 0.4) is 0 Å². The molecule has 4 rings (SSSR count). The summed E-state index contributed by atoms with van der Waals surface area (Å²) in [6.45, 7) is 4.05. The van der Waals surface area contributed by atoms with E-state index in [-0.39, 0.29) is 11.6 Å². The highest BCUT2D eigenvalue weighted by Gasteiger charge is 2.33. The molecule has 2 aromatic carbocycles. The van der Waals surface area contributed by atoms with Crippen molar-refractivity contribution in [2.45, 2.75) is 25.9 Å². The van der Waals surface area contributed by atoms with Gasteiger partial charge in [0.15, 0.2) is 0 Å². The summed E-state index contributed by atoms with van der Waals surface area (Å²) in [5.74, 6) is 1.33. The molecule has 7 nitrogen and oxygen atoms in total. The number of alkyl halides is 3. The number of nitrogen functional groups attached to an aromatic ring is 1. The Hall–Kier alpha value is -3.79. The lowest BCUT2D eigenvalue weighted by Crippen LogP contribution is -2.19. The van der Waals surface area contributed by atoms with E-state index in [9.17, 15) is 18.0 Å². The van der Waals surface area contributed by atoms with Crippen LogP contribution >= 0.6 is 11.6 Å². The number of urea groups is 1. The number of fused-ring (bicyclic) bond motifs is 1. The standard InChI is InChI=1S/C23H20ClF3N6O/c1-12(2)21-32-18(19-20(28)29-9-10-33(19)21)13-3-5-14(6-4-13)30-22(34)31-15-7-8-17(24)16(11-15)23(25,26)27/h3-12H,1-2H3,(H2,28,29)(H2,30,31,34). The monoisotopic (exact) mass is 488 g/mol. The predicted octanol–water partition coefficient (Wildman–Crippen LogP) is 6.42. The van der Waals surface area contributed by atoms with Gasteiger partial charge in [0.1, 0.15) is 22.9 Å². The van der Waals surface area contributed by atoms with Crippen LogP contribution in [-0.2, 0) is 6.18 Å². The van der Waals surface area contributed by atoms with Crippen LogP contribution in [0.25, 0.3) is 16.8 Å². The molecular weight excluding hydrogens is 469 g/mol. The molecule has 0 saturated carbocycles.